The van der Waals surface area contributed by atoms with Gasteiger partial charge in [-0.15, -0.1) is 0 Å². The van der Waals surface area contributed by atoms with Gasteiger partial charge in [-0.25, -0.2) is 4.39 Å². The maximum Gasteiger partial charge on any atom is 0.251 e. The Hall–Kier alpha value is -2.56. The molecule has 0 spiro atoms. The maximum atomic E-state index is 12.9. The lowest BCUT2D eigenvalue weighted by Crippen LogP contribution is -2.23. The van der Waals surface area contributed by atoms with E-state index in [2.05, 4.69) is 11.4 Å². The second-order valence-corrected chi connectivity index (χ2v) is 5.71. The van der Waals surface area contributed by atoms with Crippen LogP contribution in [0.2, 0.25) is 0 Å². The predicted octanol–water partition coefficient (Wildman–Crippen LogP) is 2.63. The number of rotatable bonds is 3. The maximum absolute atomic E-state index is 12.9. The molecular formula is C18H16FNO3. The third kappa shape index (κ3) is 2.52. The molecule has 2 aliphatic heterocycles. The van der Waals surface area contributed by atoms with E-state index in [1.54, 1.807) is 0 Å². The van der Waals surface area contributed by atoms with Gasteiger partial charge in [-0.3, -0.25) is 4.79 Å². The minimum absolute atomic E-state index is 0.228. The molecule has 2 heterocycles. The summed E-state index contributed by atoms with van der Waals surface area (Å²) < 4.78 is 24.4. The summed E-state index contributed by atoms with van der Waals surface area (Å²) in [5.41, 5.74) is 3.69. The lowest BCUT2D eigenvalue weighted by atomic mass is 9.99. The molecule has 0 radical (unpaired) electrons. The van der Waals surface area contributed by atoms with E-state index in [0.29, 0.717) is 25.3 Å². The molecule has 2 aliphatic rings. The quantitative estimate of drug-likeness (QED) is 0.947. The number of benzene rings is 2. The van der Waals surface area contributed by atoms with Gasteiger partial charge in [0.1, 0.15) is 17.3 Å². The molecule has 5 heteroatoms. The van der Waals surface area contributed by atoms with Crippen LogP contribution in [-0.2, 0) is 19.4 Å². The lowest BCUT2D eigenvalue weighted by molar-refractivity contribution is 0.0950. The van der Waals surface area contributed by atoms with Gasteiger partial charge in [0.15, 0.2) is 0 Å². The first-order valence-corrected chi connectivity index (χ1v) is 7.69. The molecule has 4 nitrogen and oxygen atoms in total. The second kappa shape index (κ2) is 5.57. The van der Waals surface area contributed by atoms with Gasteiger partial charge in [0.25, 0.3) is 5.91 Å². The standard InChI is InChI=1S/C18H16FNO3/c19-13-3-1-11(2-4-13)18(21)20-10-15-14-6-8-22-16(14)9-12-5-7-23-17(12)15/h1-4,9H,5-8,10H2,(H,20,21). The number of ether oxygens (including phenoxy) is 2. The van der Waals surface area contributed by atoms with Gasteiger partial charge in [-0.1, -0.05) is 0 Å². The molecular weight excluding hydrogens is 297 g/mol. The SMILES string of the molecule is O=C(NCc1c2c(cc3c1OCC3)OCC2)c1ccc(F)cc1. The van der Waals surface area contributed by atoms with Crippen LogP contribution in [0.25, 0.3) is 0 Å². The molecule has 2 aromatic rings. The Morgan fingerprint density at radius 1 is 1.13 bits per heavy atom. The van der Waals surface area contributed by atoms with Crippen molar-refractivity contribution in [3.63, 3.8) is 0 Å². The summed E-state index contributed by atoms with van der Waals surface area (Å²) >= 11 is 0. The Labute approximate surface area is 133 Å². The van der Waals surface area contributed by atoms with Crippen LogP contribution in [0.5, 0.6) is 11.5 Å². The largest absolute Gasteiger partial charge is 0.493 e. The monoisotopic (exact) mass is 313 g/mol. The van der Waals surface area contributed by atoms with Gasteiger partial charge in [-0.05, 0) is 30.3 Å². The lowest BCUT2D eigenvalue weighted by Gasteiger charge is -2.13. The predicted molar refractivity (Wildman–Crippen MR) is 82.4 cm³/mol. The van der Waals surface area contributed by atoms with E-state index in [1.165, 1.54) is 24.3 Å². The van der Waals surface area contributed by atoms with Crippen molar-refractivity contribution in [2.75, 3.05) is 13.2 Å². The molecule has 0 atom stereocenters. The summed E-state index contributed by atoms with van der Waals surface area (Å²) in [4.78, 5) is 12.2. The fourth-order valence-corrected chi connectivity index (χ4v) is 3.14. The number of carbonyl (C=O) groups is 1. The smallest absolute Gasteiger partial charge is 0.251 e. The third-order valence-electron chi connectivity index (χ3n) is 4.29. The summed E-state index contributed by atoms with van der Waals surface area (Å²) in [5, 5.41) is 2.90. The number of hydrogen-bond donors (Lipinski definition) is 1. The van der Waals surface area contributed by atoms with Gasteiger partial charge < -0.3 is 14.8 Å². The van der Waals surface area contributed by atoms with E-state index in [-0.39, 0.29) is 11.7 Å². The van der Waals surface area contributed by atoms with Crippen LogP contribution >= 0.6 is 0 Å². The minimum atomic E-state index is -0.356. The molecule has 0 saturated heterocycles. The number of halogens is 1. The van der Waals surface area contributed by atoms with Crippen molar-refractivity contribution in [2.45, 2.75) is 19.4 Å². The number of carbonyl (C=O) groups excluding carboxylic acids is 1. The van der Waals surface area contributed by atoms with Crippen molar-refractivity contribution in [1.29, 1.82) is 0 Å². The molecule has 0 unspecified atom stereocenters. The van der Waals surface area contributed by atoms with E-state index in [0.717, 1.165) is 41.0 Å². The molecule has 0 bridgehead atoms. The van der Waals surface area contributed by atoms with E-state index in [1.807, 2.05) is 0 Å². The average molecular weight is 313 g/mol. The van der Waals surface area contributed by atoms with Gasteiger partial charge in [0.05, 0.1) is 13.2 Å². The molecule has 0 aliphatic carbocycles. The van der Waals surface area contributed by atoms with Crippen LogP contribution in [0.1, 0.15) is 27.0 Å². The normalized spacial score (nSPS) is 14.7. The molecule has 0 aromatic heterocycles. The highest BCUT2D eigenvalue weighted by atomic mass is 19.1. The van der Waals surface area contributed by atoms with Gasteiger partial charge in [0.2, 0.25) is 0 Å². The van der Waals surface area contributed by atoms with Crippen LogP contribution in [0.3, 0.4) is 0 Å². The summed E-state index contributed by atoms with van der Waals surface area (Å²) in [7, 11) is 0. The van der Waals surface area contributed by atoms with E-state index in [4.69, 9.17) is 9.47 Å². The van der Waals surface area contributed by atoms with Crippen molar-refractivity contribution >= 4 is 5.91 Å². The Bertz CT molecular complexity index is 739. The number of hydrogen-bond acceptors (Lipinski definition) is 3. The van der Waals surface area contributed by atoms with Crippen LogP contribution < -0.4 is 14.8 Å². The second-order valence-electron chi connectivity index (χ2n) is 5.71. The van der Waals surface area contributed by atoms with Crippen molar-refractivity contribution in [3.05, 3.63) is 58.4 Å². The Kier molecular flexibility index (Phi) is 3.41. The van der Waals surface area contributed by atoms with Crippen LogP contribution in [0.4, 0.5) is 4.39 Å². The third-order valence-corrected chi connectivity index (χ3v) is 4.29. The molecule has 1 amide bonds. The molecule has 2 aromatic carbocycles. The van der Waals surface area contributed by atoms with Crippen molar-refractivity contribution in [1.82, 2.24) is 5.32 Å². The molecule has 1 N–H and O–H groups in total. The highest BCUT2D eigenvalue weighted by Crippen LogP contribution is 2.40. The topological polar surface area (TPSA) is 47.6 Å². The Morgan fingerprint density at radius 2 is 1.91 bits per heavy atom. The zero-order valence-corrected chi connectivity index (χ0v) is 12.5. The fourth-order valence-electron chi connectivity index (χ4n) is 3.14. The van der Waals surface area contributed by atoms with Crippen LogP contribution in [-0.4, -0.2) is 19.1 Å². The first-order chi connectivity index (χ1) is 11.2. The molecule has 4 rings (SSSR count). The van der Waals surface area contributed by atoms with Gasteiger partial charge in [-0.2, -0.15) is 0 Å². The number of amides is 1. The summed E-state index contributed by atoms with van der Waals surface area (Å²) in [6.45, 7) is 1.71. The molecule has 118 valence electrons. The summed E-state index contributed by atoms with van der Waals surface area (Å²) in [6, 6.07) is 7.57. The summed E-state index contributed by atoms with van der Waals surface area (Å²) in [6.07, 6.45) is 1.69. The molecule has 0 fully saturated rings. The van der Waals surface area contributed by atoms with E-state index < -0.39 is 0 Å². The van der Waals surface area contributed by atoms with Crippen molar-refractivity contribution in [3.8, 4) is 11.5 Å². The Morgan fingerprint density at radius 3 is 2.74 bits per heavy atom. The van der Waals surface area contributed by atoms with Crippen molar-refractivity contribution in [2.24, 2.45) is 0 Å². The van der Waals surface area contributed by atoms with Crippen LogP contribution in [0, 0.1) is 5.82 Å². The minimum Gasteiger partial charge on any atom is -0.493 e. The highest BCUT2D eigenvalue weighted by molar-refractivity contribution is 5.94. The fraction of sp³-hybridized carbons (Fsp3) is 0.278. The molecule has 23 heavy (non-hydrogen) atoms. The van der Waals surface area contributed by atoms with Gasteiger partial charge in [0, 0.05) is 41.6 Å². The summed E-state index contributed by atoms with van der Waals surface area (Å²) in [5.74, 6) is 1.20. The zero-order valence-electron chi connectivity index (χ0n) is 12.5. The van der Waals surface area contributed by atoms with Gasteiger partial charge >= 0.3 is 0 Å². The van der Waals surface area contributed by atoms with Crippen LogP contribution in [0.15, 0.2) is 30.3 Å². The first kappa shape index (κ1) is 14.1. The Balaban J connectivity index is 1.58. The average Bonchev–Trinajstić information content (AvgIpc) is 3.20. The molecule has 0 saturated carbocycles. The first-order valence-electron chi connectivity index (χ1n) is 7.69. The zero-order chi connectivity index (χ0) is 15.8. The highest BCUT2D eigenvalue weighted by Gasteiger charge is 2.26. The van der Waals surface area contributed by atoms with Crippen molar-refractivity contribution < 1.29 is 18.7 Å². The number of nitrogens with one attached hydrogen (secondary N) is 1. The number of fused-ring (bicyclic) bond motifs is 2. The van der Waals surface area contributed by atoms with E-state index >= 15 is 0 Å². The van der Waals surface area contributed by atoms with E-state index in [9.17, 15) is 9.18 Å².